The molecule has 116 valence electrons. The number of nitrogens with zero attached hydrogens (tertiary/aromatic N) is 1. The Kier molecular flexibility index (Phi) is 4.33. The van der Waals surface area contributed by atoms with Crippen molar-refractivity contribution in [3.05, 3.63) is 35.9 Å². The average Bonchev–Trinajstić information content (AvgIpc) is 2.92. The Hall–Kier alpha value is -0.910. The molecule has 0 aliphatic carbocycles. The summed E-state index contributed by atoms with van der Waals surface area (Å²) in [7, 11) is -3.17. The van der Waals surface area contributed by atoms with Gasteiger partial charge in [0, 0.05) is 19.1 Å². The number of fused-ring (bicyclic) bond motifs is 1. The molecule has 5 heteroatoms. The SMILES string of the molecule is CC(CS(=O)(=O)N1C[C@@H]2CCCN[C@@H]2C1)c1ccccc1. The number of piperidine rings is 1. The summed E-state index contributed by atoms with van der Waals surface area (Å²) < 4.78 is 27.0. The lowest BCUT2D eigenvalue weighted by Gasteiger charge is -2.24. The van der Waals surface area contributed by atoms with Crippen LogP contribution >= 0.6 is 0 Å². The third kappa shape index (κ3) is 3.30. The minimum atomic E-state index is -3.17. The number of benzene rings is 1. The van der Waals surface area contributed by atoms with E-state index in [2.05, 4.69) is 5.32 Å². The van der Waals surface area contributed by atoms with Crippen LogP contribution < -0.4 is 5.32 Å². The normalized spacial score (nSPS) is 28.2. The van der Waals surface area contributed by atoms with Crippen LogP contribution in [0.4, 0.5) is 0 Å². The zero-order valence-electron chi connectivity index (χ0n) is 12.5. The lowest BCUT2D eigenvalue weighted by atomic mass is 9.94. The van der Waals surface area contributed by atoms with E-state index in [1.165, 1.54) is 0 Å². The number of hydrogen-bond donors (Lipinski definition) is 1. The van der Waals surface area contributed by atoms with E-state index in [4.69, 9.17) is 0 Å². The first kappa shape index (κ1) is 15.0. The van der Waals surface area contributed by atoms with Crippen molar-refractivity contribution in [3.63, 3.8) is 0 Å². The van der Waals surface area contributed by atoms with Gasteiger partial charge in [-0.3, -0.25) is 0 Å². The van der Waals surface area contributed by atoms with Gasteiger partial charge in [-0.1, -0.05) is 37.3 Å². The van der Waals surface area contributed by atoms with E-state index in [1.54, 1.807) is 4.31 Å². The summed E-state index contributed by atoms with van der Waals surface area (Å²) in [5, 5.41) is 3.46. The molecule has 2 aliphatic rings. The van der Waals surface area contributed by atoms with E-state index in [0.29, 0.717) is 25.0 Å². The second kappa shape index (κ2) is 6.07. The molecular formula is C16H24N2O2S. The van der Waals surface area contributed by atoms with E-state index >= 15 is 0 Å². The summed E-state index contributed by atoms with van der Waals surface area (Å²) in [6.45, 7) is 4.36. The van der Waals surface area contributed by atoms with Crippen molar-refractivity contribution in [2.24, 2.45) is 5.92 Å². The molecule has 0 radical (unpaired) electrons. The Labute approximate surface area is 127 Å². The minimum absolute atomic E-state index is 0.0341. The molecular weight excluding hydrogens is 284 g/mol. The highest BCUT2D eigenvalue weighted by Gasteiger charge is 2.39. The van der Waals surface area contributed by atoms with Gasteiger partial charge in [0.05, 0.1) is 5.75 Å². The summed E-state index contributed by atoms with van der Waals surface area (Å²) >= 11 is 0. The van der Waals surface area contributed by atoms with Gasteiger partial charge in [0.15, 0.2) is 0 Å². The van der Waals surface area contributed by atoms with Crippen molar-refractivity contribution in [3.8, 4) is 0 Å². The maximum atomic E-state index is 12.7. The predicted molar refractivity (Wildman–Crippen MR) is 84.7 cm³/mol. The van der Waals surface area contributed by atoms with E-state index in [1.807, 2.05) is 37.3 Å². The molecule has 1 aromatic rings. The molecule has 3 rings (SSSR count). The topological polar surface area (TPSA) is 49.4 Å². The monoisotopic (exact) mass is 308 g/mol. The van der Waals surface area contributed by atoms with Gasteiger partial charge in [-0.05, 0) is 36.8 Å². The number of rotatable bonds is 4. The van der Waals surface area contributed by atoms with Gasteiger partial charge in [-0.15, -0.1) is 0 Å². The zero-order valence-corrected chi connectivity index (χ0v) is 13.3. The van der Waals surface area contributed by atoms with Crippen LogP contribution in [0.3, 0.4) is 0 Å². The van der Waals surface area contributed by atoms with Gasteiger partial charge < -0.3 is 5.32 Å². The van der Waals surface area contributed by atoms with Gasteiger partial charge in [-0.25, -0.2) is 12.7 Å². The van der Waals surface area contributed by atoms with Crippen molar-refractivity contribution in [2.75, 3.05) is 25.4 Å². The van der Waals surface area contributed by atoms with E-state index in [0.717, 1.165) is 24.9 Å². The fourth-order valence-corrected chi connectivity index (χ4v) is 5.37. The molecule has 3 atom stereocenters. The standard InChI is InChI=1S/C16H24N2O2S/c1-13(14-6-3-2-4-7-14)12-21(19,20)18-10-15-8-5-9-17-16(15)11-18/h2-4,6-7,13,15-17H,5,8-12H2,1H3/t13?,15-,16+/m0/s1. The van der Waals surface area contributed by atoms with Crippen LogP contribution in [0.1, 0.15) is 31.2 Å². The van der Waals surface area contributed by atoms with Gasteiger partial charge in [0.1, 0.15) is 0 Å². The van der Waals surface area contributed by atoms with Crippen molar-refractivity contribution < 1.29 is 8.42 Å². The van der Waals surface area contributed by atoms with Crippen molar-refractivity contribution in [1.82, 2.24) is 9.62 Å². The zero-order chi connectivity index (χ0) is 14.9. The molecule has 2 heterocycles. The first-order valence-corrected chi connectivity index (χ1v) is 9.43. The molecule has 1 N–H and O–H groups in total. The lowest BCUT2D eigenvalue weighted by Crippen LogP contribution is -2.41. The third-order valence-corrected chi connectivity index (χ3v) is 6.79. The highest BCUT2D eigenvalue weighted by molar-refractivity contribution is 7.89. The van der Waals surface area contributed by atoms with Crippen molar-refractivity contribution in [2.45, 2.75) is 31.7 Å². The molecule has 0 spiro atoms. The van der Waals surface area contributed by atoms with Crippen molar-refractivity contribution >= 4 is 10.0 Å². The smallest absolute Gasteiger partial charge is 0.214 e. The molecule has 0 amide bonds. The number of sulfonamides is 1. The van der Waals surface area contributed by atoms with Crippen LogP contribution in [0.2, 0.25) is 0 Å². The van der Waals surface area contributed by atoms with E-state index in [-0.39, 0.29) is 11.7 Å². The Balaban J connectivity index is 1.67. The van der Waals surface area contributed by atoms with Crippen LogP contribution in [0.25, 0.3) is 0 Å². The maximum absolute atomic E-state index is 12.7. The predicted octanol–water partition coefficient (Wildman–Crippen LogP) is 1.80. The van der Waals surface area contributed by atoms with Gasteiger partial charge >= 0.3 is 0 Å². The molecule has 0 aromatic heterocycles. The van der Waals surface area contributed by atoms with Crippen LogP contribution in [0, 0.1) is 5.92 Å². The van der Waals surface area contributed by atoms with Crippen LogP contribution in [-0.2, 0) is 10.0 Å². The molecule has 0 bridgehead atoms. The molecule has 2 aliphatic heterocycles. The Morgan fingerprint density at radius 2 is 2.05 bits per heavy atom. The average molecular weight is 308 g/mol. The van der Waals surface area contributed by atoms with Crippen LogP contribution in [-0.4, -0.2) is 44.2 Å². The third-order valence-electron chi connectivity index (χ3n) is 4.79. The fourth-order valence-electron chi connectivity index (χ4n) is 3.53. The number of nitrogens with one attached hydrogen (secondary N) is 1. The highest BCUT2D eigenvalue weighted by Crippen LogP contribution is 2.28. The first-order valence-electron chi connectivity index (χ1n) is 7.82. The minimum Gasteiger partial charge on any atom is -0.312 e. The lowest BCUT2D eigenvalue weighted by molar-refractivity contribution is 0.339. The summed E-state index contributed by atoms with van der Waals surface area (Å²) in [6.07, 6.45) is 2.31. The Bertz CT molecular complexity index is 559. The van der Waals surface area contributed by atoms with Crippen LogP contribution in [0.15, 0.2) is 30.3 Å². The highest BCUT2D eigenvalue weighted by atomic mass is 32.2. The second-order valence-electron chi connectivity index (χ2n) is 6.37. The largest absolute Gasteiger partial charge is 0.312 e. The Morgan fingerprint density at radius 1 is 1.29 bits per heavy atom. The molecule has 1 aromatic carbocycles. The van der Waals surface area contributed by atoms with Gasteiger partial charge in [0.2, 0.25) is 10.0 Å². The summed E-state index contributed by atoms with van der Waals surface area (Å²) in [5.74, 6) is 0.739. The van der Waals surface area contributed by atoms with Crippen LogP contribution in [0.5, 0.6) is 0 Å². The van der Waals surface area contributed by atoms with E-state index < -0.39 is 10.0 Å². The molecule has 2 fully saturated rings. The summed E-state index contributed by atoms with van der Waals surface area (Å²) in [5.41, 5.74) is 1.09. The molecule has 1 unspecified atom stereocenters. The summed E-state index contributed by atoms with van der Waals surface area (Å²) in [6, 6.07) is 10.3. The molecule has 0 saturated carbocycles. The molecule has 21 heavy (non-hydrogen) atoms. The molecule has 2 saturated heterocycles. The Morgan fingerprint density at radius 3 is 2.76 bits per heavy atom. The quantitative estimate of drug-likeness (QED) is 0.923. The van der Waals surface area contributed by atoms with Gasteiger partial charge in [-0.2, -0.15) is 0 Å². The van der Waals surface area contributed by atoms with Gasteiger partial charge in [0.25, 0.3) is 0 Å². The first-order chi connectivity index (χ1) is 10.1. The fraction of sp³-hybridized carbons (Fsp3) is 0.625. The molecule has 4 nitrogen and oxygen atoms in total. The summed E-state index contributed by atoms with van der Waals surface area (Å²) in [4.78, 5) is 0. The van der Waals surface area contributed by atoms with E-state index in [9.17, 15) is 8.42 Å². The maximum Gasteiger partial charge on any atom is 0.214 e. The van der Waals surface area contributed by atoms with Crippen molar-refractivity contribution in [1.29, 1.82) is 0 Å². The number of hydrogen-bond acceptors (Lipinski definition) is 3. The second-order valence-corrected chi connectivity index (χ2v) is 8.38.